The van der Waals surface area contributed by atoms with Gasteiger partial charge in [0.15, 0.2) is 6.10 Å². The molecule has 8 heteroatoms. The summed E-state index contributed by atoms with van der Waals surface area (Å²) in [7, 11) is 0. The van der Waals surface area contributed by atoms with Crippen molar-refractivity contribution in [1.29, 1.82) is 0 Å². The highest BCUT2D eigenvalue weighted by atomic mass is 16.6. The SMILES string of the molecule is CC(C)(OC(=O)[C@@H]1CCCN1C(=O)CN)[C@@H]1CNC(=O)O1. The number of alkyl carbamates (subject to hydrolysis) is 1. The Bertz CT molecular complexity index is 451. The van der Waals surface area contributed by atoms with E-state index in [1.807, 2.05) is 0 Å². The van der Waals surface area contributed by atoms with Crippen molar-refractivity contribution in [3.05, 3.63) is 0 Å². The average molecular weight is 299 g/mol. The van der Waals surface area contributed by atoms with E-state index < -0.39 is 29.8 Å². The number of carbonyl (C=O) groups is 3. The zero-order chi connectivity index (χ0) is 15.6. The van der Waals surface area contributed by atoms with Crippen LogP contribution in [0.3, 0.4) is 0 Å². The number of amides is 2. The molecule has 8 nitrogen and oxygen atoms in total. The van der Waals surface area contributed by atoms with Gasteiger partial charge in [-0.1, -0.05) is 0 Å². The maximum absolute atomic E-state index is 12.3. The normalized spacial score (nSPS) is 25.5. The Balaban J connectivity index is 1.99. The maximum atomic E-state index is 12.3. The van der Waals surface area contributed by atoms with Crippen LogP contribution in [0.4, 0.5) is 4.79 Å². The first-order valence-electron chi connectivity index (χ1n) is 7.02. The summed E-state index contributed by atoms with van der Waals surface area (Å²) in [6, 6.07) is -0.606. The number of likely N-dealkylation sites (tertiary alicyclic amines) is 1. The fraction of sp³-hybridized carbons (Fsp3) is 0.769. The molecule has 2 aliphatic rings. The number of cyclic esters (lactones) is 1. The number of hydrogen-bond acceptors (Lipinski definition) is 6. The second-order valence-corrected chi connectivity index (χ2v) is 5.75. The molecule has 0 aliphatic carbocycles. The van der Waals surface area contributed by atoms with Crippen molar-refractivity contribution in [2.24, 2.45) is 5.73 Å². The highest BCUT2D eigenvalue weighted by molar-refractivity contribution is 5.86. The number of nitrogens with one attached hydrogen (secondary N) is 1. The lowest BCUT2D eigenvalue weighted by atomic mass is 10.0. The number of carbonyl (C=O) groups excluding carboxylic acids is 3. The van der Waals surface area contributed by atoms with Crippen molar-refractivity contribution in [1.82, 2.24) is 10.2 Å². The molecule has 0 radical (unpaired) electrons. The van der Waals surface area contributed by atoms with Crippen LogP contribution >= 0.6 is 0 Å². The molecule has 0 unspecified atom stereocenters. The Labute approximate surface area is 122 Å². The molecule has 0 aromatic heterocycles. The second kappa shape index (κ2) is 5.88. The minimum absolute atomic E-state index is 0.128. The van der Waals surface area contributed by atoms with Crippen LogP contribution in [0.25, 0.3) is 0 Å². The summed E-state index contributed by atoms with van der Waals surface area (Å²) in [4.78, 5) is 36.6. The van der Waals surface area contributed by atoms with Gasteiger partial charge in [0.05, 0.1) is 13.1 Å². The number of hydrogen-bond donors (Lipinski definition) is 2. The van der Waals surface area contributed by atoms with E-state index in [4.69, 9.17) is 15.2 Å². The molecular formula is C13H21N3O5. The first-order chi connectivity index (χ1) is 9.85. The molecule has 3 N–H and O–H groups in total. The number of nitrogens with zero attached hydrogens (tertiary/aromatic N) is 1. The summed E-state index contributed by atoms with van der Waals surface area (Å²) in [6.45, 7) is 4.03. The van der Waals surface area contributed by atoms with Gasteiger partial charge >= 0.3 is 12.1 Å². The third kappa shape index (κ3) is 3.26. The molecule has 21 heavy (non-hydrogen) atoms. The number of rotatable bonds is 4. The highest BCUT2D eigenvalue weighted by Crippen LogP contribution is 2.25. The first kappa shape index (κ1) is 15.6. The summed E-state index contributed by atoms with van der Waals surface area (Å²) in [5.74, 6) is -0.747. The van der Waals surface area contributed by atoms with E-state index in [0.29, 0.717) is 13.0 Å². The van der Waals surface area contributed by atoms with Crippen molar-refractivity contribution in [3.63, 3.8) is 0 Å². The molecule has 118 valence electrons. The summed E-state index contributed by atoms with van der Waals surface area (Å²) >= 11 is 0. The van der Waals surface area contributed by atoms with E-state index in [1.54, 1.807) is 13.8 Å². The summed E-state index contributed by atoms with van der Waals surface area (Å²) < 4.78 is 10.5. The standard InChI is InChI=1S/C13H21N3O5/c1-13(2,9-7-15-12(19)20-9)21-11(18)8-4-3-5-16(8)10(17)6-14/h8-9H,3-7,14H2,1-2H3,(H,15,19)/t8-,9-/m0/s1. The van der Waals surface area contributed by atoms with E-state index in [2.05, 4.69) is 5.32 Å². The molecule has 2 amide bonds. The van der Waals surface area contributed by atoms with Crippen molar-refractivity contribution in [3.8, 4) is 0 Å². The van der Waals surface area contributed by atoms with E-state index in [0.717, 1.165) is 6.42 Å². The fourth-order valence-corrected chi connectivity index (χ4v) is 2.60. The Morgan fingerprint density at radius 1 is 1.52 bits per heavy atom. The minimum atomic E-state index is -0.962. The summed E-state index contributed by atoms with van der Waals surface area (Å²) in [5, 5.41) is 2.52. The predicted molar refractivity (Wildman–Crippen MR) is 72.2 cm³/mol. The van der Waals surface area contributed by atoms with Gasteiger partial charge in [0, 0.05) is 6.54 Å². The molecule has 0 bridgehead atoms. The second-order valence-electron chi connectivity index (χ2n) is 5.75. The largest absolute Gasteiger partial charge is 0.454 e. The number of nitrogens with two attached hydrogens (primary N) is 1. The molecule has 2 rings (SSSR count). The topological polar surface area (TPSA) is 111 Å². The first-order valence-corrected chi connectivity index (χ1v) is 7.02. The van der Waals surface area contributed by atoms with Crippen LogP contribution in [0.5, 0.6) is 0 Å². The fourth-order valence-electron chi connectivity index (χ4n) is 2.60. The van der Waals surface area contributed by atoms with Crippen LogP contribution in [0, 0.1) is 0 Å². The van der Waals surface area contributed by atoms with Crippen LogP contribution in [0.1, 0.15) is 26.7 Å². The molecule has 2 saturated heterocycles. The molecule has 0 aromatic carbocycles. The molecule has 2 atom stereocenters. The van der Waals surface area contributed by atoms with Gasteiger partial charge in [0.1, 0.15) is 11.6 Å². The van der Waals surface area contributed by atoms with E-state index >= 15 is 0 Å². The van der Waals surface area contributed by atoms with Crippen LogP contribution in [0.2, 0.25) is 0 Å². The Hall–Kier alpha value is -1.83. The van der Waals surface area contributed by atoms with E-state index in [9.17, 15) is 14.4 Å². The third-order valence-corrected chi connectivity index (χ3v) is 3.84. The maximum Gasteiger partial charge on any atom is 0.407 e. The van der Waals surface area contributed by atoms with Gasteiger partial charge < -0.3 is 25.4 Å². The van der Waals surface area contributed by atoms with Gasteiger partial charge in [-0.15, -0.1) is 0 Å². The lowest BCUT2D eigenvalue weighted by Gasteiger charge is -2.32. The summed E-state index contributed by atoms with van der Waals surface area (Å²) in [5.41, 5.74) is 4.39. The van der Waals surface area contributed by atoms with Gasteiger partial charge in [-0.25, -0.2) is 9.59 Å². The highest BCUT2D eigenvalue weighted by Gasteiger charge is 2.43. The lowest BCUT2D eigenvalue weighted by Crippen LogP contribution is -2.49. The van der Waals surface area contributed by atoms with Crippen molar-refractivity contribution in [2.45, 2.75) is 44.4 Å². The third-order valence-electron chi connectivity index (χ3n) is 3.84. The zero-order valence-corrected chi connectivity index (χ0v) is 12.3. The van der Waals surface area contributed by atoms with Crippen LogP contribution in [-0.2, 0) is 19.1 Å². The van der Waals surface area contributed by atoms with Gasteiger partial charge in [0.25, 0.3) is 0 Å². The molecular weight excluding hydrogens is 278 g/mol. The Morgan fingerprint density at radius 3 is 2.81 bits per heavy atom. The number of ether oxygens (including phenoxy) is 2. The molecule has 0 spiro atoms. The van der Waals surface area contributed by atoms with E-state index in [-0.39, 0.29) is 19.0 Å². The molecule has 0 saturated carbocycles. The molecule has 0 aromatic rings. The minimum Gasteiger partial charge on any atom is -0.454 e. The Morgan fingerprint density at radius 2 is 2.24 bits per heavy atom. The summed E-state index contributed by atoms with van der Waals surface area (Å²) in [6.07, 6.45) is 0.230. The Kier molecular flexibility index (Phi) is 4.36. The zero-order valence-electron chi connectivity index (χ0n) is 12.3. The van der Waals surface area contributed by atoms with Gasteiger partial charge in [-0.2, -0.15) is 0 Å². The predicted octanol–water partition coefficient (Wildman–Crippen LogP) is -0.634. The van der Waals surface area contributed by atoms with Gasteiger partial charge in [-0.05, 0) is 26.7 Å². The van der Waals surface area contributed by atoms with Gasteiger partial charge in [-0.3, -0.25) is 4.79 Å². The molecule has 2 heterocycles. The average Bonchev–Trinajstić information content (AvgIpc) is 3.05. The quantitative estimate of drug-likeness (QED) is 0.668. The monoisotopic (exact) mass is 299 g/mol. The van der Waals surface area contributed by atoms with Crippen LogP contribution in [0.15, 0.2) is 0 Å². The van der Waals surface area contributed by atoms with Gasteiger partial charge in [0.2, 0.25) is 5.91 Å². The van der Waals surface area contributed by atoms with Crippen molar-refractivity contribution < 1.29 is 23.9 Å². The smallest absolute Gasteiger partial charge is 0.407 e. The molecule has 2 aliphatic heterocycles. The van der Waals surface area contributed by atoms with Crippen LogP contribution in [-0.4, -0.2) is 60.3 Å². The van der Waals surface area contributed by atoms with E-state index in [1.165, 1.54) is 4.90 Å². The van der Waals surface area contributed by atoms with Crippen molar-refractivity contribution >= 4 is 18.0 Å². The van der Waals surface area contributed by atoms with Crippen molar-refractivity contribution in [2.75, 3.05) is 19.6 Å². The number of esters is 1. The molecule has 2 fully saturated rings. The lowest BCUT2D eigenvalue weighted by molar-refractivity contribution is -0.172. The van der Waals surface area contributed by atoms with Crippen LogP contribution < -0.4 is 11.1 Å².